The van der Waals surface area contributed by atoms with Gasteiger partial charge in [-0.1, -0.05) is 46.1 Å². The molecule has 0 bridgehead atoms. The quantitative estimate of drug-likeness (QED) is 0.809. The maximum Gasteiger partial charge on any atom is 0.321 e. The molecule has 0 aliphatic heterocycles. The number of hydrogen-bond donors (Lipinski definition) is 2. The normalized spacial score (nSPS) is 13.3. The number of carboxylic acid groups (broad SMARTS) is 1. The van der Waals surface area contributed by atoms with Gasteiger partial charge in [0.25, 0.3) is 0 Å². The van der Waals surface area contributed by atoms with Crippen molar-refractivity contribution in [3.8, 4) is 0 Å². The zero-order valence-electron chi connectivity index (χ0n) is 9.65. The molecule has 0 radical (unpaired) electrons. The van der Waals surface area contributed by atoms with Crippen LogP contribution >= 0.6 is 39.1 Å². The van der Waals surface area contributed by atoms with Crippen molar-refractivity contribution >= 4 is 55.1 Å². The van der Waals surface area contributed by atoms with E-state index in [0.29, 0.717) is 4.47 Å². The molecule has 2 N–H and O–H groups in total. The minimum absolute atomic E-state index is 0.0906. The van der Waals surface area contributed by atoms with Crippen molar-refractivity contribution in [2.75, 3.05) is 0 Å². The van der Waals surface area contributed by atoms with E-state index in [0.717, 1.165) is 0 Å². The molecule has 5 nitrogen and oxygen atoms in total. The number of carboxylic acids is 1. The van der Waals surface area contributed by atoms with Crippen molar-refractivity contribution in [3.63, 3.8) is 0 Å². The molecule has 1 rings (SSSR count). The Morgan fingerprint density at radius 3 is 2.26 bits per heavy atom. The van der Waals surface area contributed by atoms with Crippen LogP contribution < -0.4 is 4.72 Å². The summed E-state index contributed by atoms with van der Waals surface area (Å²) >= 11 is 14.8. The van der Waals surface area contributed by atoms with Crippen molar-refractivity contribution in [2.45, 2.75) is 24.3 Å². The summed E-state index contributed by atoms with van der Waals surface area (Å²) in [6.45, 7) is 1.55. The zero-order chi connectivity index (χ0) is 14.8. The number of sulfonamides is 1. The van der Waals surface area contributed by atoms with E-state index in [-0.39, 0.29) is 21.4 Å². The first-order chi connectivity index (χ1) is 8.69. The summed E-state index contributed by atoms with van der Waals surface area (Å²) < 4.78 is 26.8. The molecule has 0 aliphatic carbocycles. The molecular formula is C10H10BrCl2NO4S. The third kappa shape index (κ3) is 4.06. The number of carbonyl (C=O) groups is 1. The molecule has 0 saturated carbocycles. The van der Waals surface area contributed by atoms with Gasteiger partial charge in [0, 0.05) is 4.47 Å². The number of nitrogens with one attached hydrogen (secondary N) is 1. The van der Waals surface area contributed by atoms with Crippen LogP contribution in [-0.4, -0.2) is 25.5 Å². The Morgan fingerprint density at radius 1 is 1.42 bits per heavy atom. The van der Waals surface area contributed by atoms with Gasteiger partial charge in [-0.05, 0) is 18.6 Å². The Bertz CT molecular complexity index is 583. The molecule has 106 valence electrons. The maximum absolute atomic E-state index is 12.1. The Hall–Kier alpha value is -0.340. The minimum atomic E-state index is -4.11. The summed E-state index contributed by atoms with van der Waals surface area (Å²) in [4.78, 5) is 10.5. The highest BCUT2D eigenvalue weighted by Gasteiger charge is 2.28. The van der Waals surface area contributed by atoms with Gasteiger partial charge in [-0.25, -0.2) is 8.42 Å². The zero-order valence-corrected chi connectivity index (χ0v) is 13.6. The smallest absolute Gasteiger partial charge is 0.321 e. The first kappa shape index (κ1) is 16.7. The van der Waals surface area contributed by atoms with Crippen molar-refractivity contribution < 1.29 is 18.3 Å². The van der Waals surface area contributed by atoms with Crippen molar-refractivity contribution in [1.82, 2.24) is 4.72 Å². The van der Waals surface area contributed by atoms with Gasteiger partial charge < -0.3 is 5.11 Å². The van der Waals surface area contributed by atoms with Gasteiger partial charge in [-0.15, -0.1) is 0 Å². The predicted molar refractivity (Wildman–Crippen MR) is 76.2 cm³/mol. The monoisotopic (exact) mass is 389 g/mol. The minimum Gasteiger partial charge on any atom is -0.480 e. The predicted octanol–water partition coefficient (Wildman–Crippen LogP) is 2.90. The molecule has 0 aliphatic rings. The average molecular weight is 391 g/mol. The van der Waals surface area contributed by atoms with Gasteiger partial charge in [0.2, 0.25) is 10.0 Å². The molecule has 0 aromatic heterocycles. The molecule has 0 saturated heterocycles. The summed E-state index contributed by atoms with van der Waals surface area (Å²) in [5, 5.41) is 8.68. The fourth-order valence-corrected chi connectivity index (χ4v) is 4.55. The summed E-state index contributed by atoms with van der Waals surface area (Å²) in [6, 6.07) is 1.49. The van der Waals surface area contributed by atoms with E-state index in [1.165, 1.54) is 12.1 Å². The number of halogens is 3. The van der Waals surface area contributed by atoms with Gasteiger partial charge in [-0.2, -0.15) is 4.72 Å². The van der Waals surface area contributed by atoms with Crippen LogP contribution in [-0.2, 0) is 14.8 Å². The lowest BCUT2D eigenvalue weighted by Crippen LogP contribution is -2.40. The van der Waals surface area contributed by atoms with Crippen molar-refractivity contribution in [1.29, 1.82) is 0 Å². The Labute approximate surface area is 129 Å². The van der Waals surface area contributed by atoms with Crippen molar-refractivity contribution in [3.05, 3.63) is 26.7 Å². The van der Waals surface area contributed by atoms with E-state index >= 15 is 0 Å². The molecule has 1 atom stereocenters. The molecule has 19 heavy (non-hydrogen) atoms. The van der Waals surface area contributed by atoms with Crippen LogP contribution in [0.15, 0.2) is 21.5 Å². The van der Waals surface area contributed by atoms with Crippen molar-refractivity contribution in [2.24, 2.45) is 0 Å². The Morgan fingerprint density at radius 2 is 1.89 bits per heavy atom. The van der Waals surface area contributed by atoms with E-state index in [2.05, 4.69) is 15.9 Å². The fourth-order valence-electron chi connectivity index (χ4n) is 1.34. The van der Waals surface area contributed by atoms with Crippen LogP contribution in [0.4, 0.5) is 0 Å². The third-order valence-corrected chi connectivity index (χ3v) is 5.09. The highest BCUT2D eigenvalue weighted by atomic mass is 79.9. The van der Waals surface area contributed by atoms with E-state index in [1.54, 1.807) is 6.92 Å². The molecule has 0 amide bonds. The maximum atomic E-state index is 12.1. The average Bonchev–Trinajstić information content (AvgIpc) is 2.23. The number of rotatable bonds is 5. The Kier molecular flexibility index (Phi) is 5.64. The largest absolute Gasteiger partial charge is 0.480 e. The molecule has 1 aromatic rings. The second kappa shape index (κ2) is 6.41. The lowest BCUT2D eigenvalue weighted by Gasteiger charge is -2.14. The van der Waals surface area contributed by atoms with E-state index < -0.39 is 22.0 Å². The van der Waals surface area contributed by atoms with E-state index in [1.807, 2.05) is 4.72 Å². The second-order valence-corrected chi connectivity index (χ2v) is 7.00. The molecule has 0 heterocycles. The van der Waals surface area contributed by atoms with Gasteiger partial charge in [0.1, 0.15) is 10.9 Å². The fraction of sp³-hybridized carbons (Fsp3) is 0.300. The third-order valence-electron chi connectivity index (χ3n) is 2.24. The molecule has 9 heteroatoms. The molecule has 0 unspecified atom stereocenters. The molecule has 1 aromatic carbocycles. The van der Waals surface area contributed by atoms with E-state index in [9.17, 15) is 13.2 Å². The number of hydrogen-bond acceptors (Lipinski definition) is 3. The van der Waals surface area contributed by atoms with Crippen LogP contribution in [0, 0.1) is 0 Å². The molecule has 0 spiro atoms. The summed E-state index contributed by atoms with van der Waals surface area (Å²) in [5.74, 6) is -1.27. The van der Waals surface area contributed by atoms with E-state index in [4.69, 9.17) is 28.3 Å². The van der Waals surface area contributed by atoms with Crippen LogP contribution in [0.25, 0.3) is 0 Å². The highest BCUT2D eigenvalue weighted by Crippen LogP contribution is 2.32. The van der Waals surface area contributed by atoms with Crippen LogP contribution in [0.5, 0.6) is 0 Å². The van der Waals surface area contributed by atoms with Gasteiger partial charge in [0.15, 0.2) is 0 Å². The SMILES string of the molecule is CC[C@H](NS(=O)(=O)c1c(Cl)cc(Br)cc1Cl)C(=O)O. The first-order valence-corrected chi connectivity index (χ1v) is 8.12. The Balaban J connectivity index is 3.25. The summed E-state index contributed by atoms with van der Waals surface area (Å²) in [7, 11) is -4.11. The standard InChI is InChI=1S/C10H10BrCl2NO4S/c1-2-8(10(15)16)14-19(17,18)9-6(12)3-5(11)4-7(9)13/h3-4,8,14H,2H2,1H3,(H,15,16)/t8-/m0/s1. The summed E-state index contributed by atoms with van der Waals surface area (Å²) in [6.07, 6.45) is 0.0975. The van der Waals surface area contributed by atoms with Gasteiger partial charge in [-0.3, -0.25) is 4.79 Å². The lowest BCUT2D eigenvalue weighted by atomic mass is 10.2. The second-order valence-electron chi connectivity index (χ2n) is 3.62. The molecular weight excluding hydrogens is 381 g/mol. The van der Waals surface area contributed by atoms with Gasteiger partial charge >= 0.3 is 5.97 Å². The van der Waals surface area contributed by atoms with Crippen LogP contribution in [0.1, 0.15) is 13.3 Å². The topological polar surface area (TPSA) is 83.5 Å². The first-order valence-electron chi connectivity index (χ1n) is 5.08. The number of benzene rings is 1. The van der Waals surface area contributed by atoms with Crippen LogP contribution in [0.3, 0.4) is 0 Å². The van der Waals surface area contributed by atoms with Gasteiger partial charge in [0.05, 0.1) is 10.0 Å². The van der Waals surface area contributed by atoms with Crippen LogP contribution in [0.2, 0.25) is 10.0 Å². The molecule has 0 fully saturated rings. The highest BCUT2D eigenvalue weighted by molar-refractivity contribution is 9.10. The number of aliphatic carboxylic acids is 1. The summed E-state index contributed by atoms with van der Waals surface area (Å²) in [5.41, 5.74) is 0. The lowest BCUT2D eigenvalue weighted by molar-refractivity contribution is -0.139.